The minimum atomic E-state index is -1.23. The van der Waals surface area contributed by atoms with E-state index in [1.165, 1.54) is 6.07 Å². The predicted octanol–water partition coefficient (Wildman–Crippen LogP) is 2.10. The van der Waals surface area contributed by atoms with Gasteiger partial charge < -0.3 is 15.6 Å². The first-order chi connectivity index (χ1) is 8.11. The Bertz CT molecular complexity index is 406. The fraction of sp³-hybridized carbons (Fsp3) is 0.500. The quantitative estimate of drug-likeness (QED) is 0.836. The zero-order valence-electron chi connectivity index (χ0n) is 9.33. The molecule has 1 saturated heterocycles. The van der Waals surface area contributed by atoms with Crippen molar-refractivity contribution in [1.29, 1.82) is 0 Å². The topological polar surface area (TPSA) is 55.5 Å². The van der Waals surface area contributed by atoms with E-state index in [0.717, 1.165) is 18.9 Å². The Hall–Kier alpha value is -1.20. The van der Waals surface area contributed by atoms with E-state index >= 15 is 0 Å². The molecule has 0 radical (unpaired) electrons. The second-order valence-electron chi connectivity index (χ2n) is 4.27. The van der Waals surface area contributed by atoms with Crippen LogP contribution in [0.2, 0.25) is 0 Å². The summed E-state index contributed by atoms with van der Waals surface area (Å²) in [5, 5.41) is 9.55. The Balaban J connectivity index is 2.24. The van der Waals surface area contributed by atoms with Gasteiger partial charge in [-0.1, -0.05) is 6.07 Å². The average molecular weight is 243 g/mol. The molecular formula is C12H15F2NO2. The summed E-state index contributed by atoms with van der Waals surface area (Å²) in [4.78, 5) is 0. The van der Waals surface area contributed by atoms with Gasteiger partial charge >= 0.3 is 0 Å². The van der Waals surface area contributed by atoms with E-state index in [2.05, 4.69) is 0 Å². The zero-order valence-corrected chi connectivity index (χ0v) is 9.33. The van der Waals surface area contributed by atoms with Crippen LogP contribution >= 0.6 is 0 Å². The Morgan fingerprint density at radius 3 is 2.59 bits per heavy atom. The third kappa shape index (κ3) is 2.40. The molecule has 0 bridgehead atoms. The maximum atomic E-state index is 13.2. The van der Waals surface area contributed by atoms with E-state index in [1.807, 2.05) is 0 Å². The SMILES string of the molecule is N[C@H](c1ccc(F)c(F)c1O)C1CCOCC1. The van der Waals surface area contributed by atoms with Crippen molar-refractivity contribution in [3.63, 3.8) is 0 Å². The lowest BCUT2D eigenvalue weighted by Gasteiger charge is -2.28. The highest BCUT2D eigenvalue weighted by atomic mass is 19.2. The predicted molar refractivity (Wildman–Crippen MR) is 58.5 cm³/mol. The molecule has 17 heavy (non-hydrogen) atoms. The standard InChI is InChI=1S/C12H15F2NO2/c13-9-2-1-8(12(16)10(9)14)11(15)7-3-5-17-6-4-7/h1-2,7,11,16H,3-6,15H2/t11-/m0/s1. The van der Waals surface area contributed by atoms with Gasteiger partial charge in [-0.05, 0) is 24.8 Å². The number of nitrogens with two attached hydrogens (primary N) is 1. The van der Waals surface area contributed by atoms with Crippen LogP contribution in [-0.2, 0) is 4.74 Å². The minimum absolute atomic E-state index is 0.125. The Morgan fingerprint density at radius 2 is 1.94 bits per heavy atom. The summed E-state index contributed by atoms with van der Waals surface area (Å²) in [6.45, 7) is 1.23. The molecule has 0 saturated carbocycles. The summed E-state index contributed by atoms with van der Waals surface area (Å²) in [6, 6.07) is 1.84. The third-order valence-corrected chi connectivity index (χ3v) is 3.23. The van der Waals surface area contributed by atoms with E-state index < -0.39 is 23.4 Å². The molecule has 2 rings (SSSR count). The van der Waals surface area contributed by atoms with Crippen LogP contribution < -0.4 is 5.73 Å². The summed E-state index contributed by atoms with van der Waals surface area (Å²) >= 11 is 0. The van der Waals surface area contributed by atoms with Crippen molar-refractivity contribution in [1.82, 2.24) is 0 Å². The number of aromatic hydroxyl groups is 1. The highest BCUT2D eigenvalue weighted by Gasteiger charge is 2.26. The highest BCUT2D eigenvalue weighted by molar-refractivity contribution is 5.37. The molecule has 3 N–H and O–H groups in total. The molecule has 0 amide bonds. The molecule has 1 aromatic carbocycles. The molecular weight excluding hydrogens is 228 g/mol. The van der Waals surface area contributed by atoms with Gasteiger partial charge in [0.25, 0.3) is 0 Å². The van der Waals surface area contributed by atoms with Crippen molar-refractivity contribution in [2.75, 3.05) is 13.2 Å². The van der Waals surface area contributed by atoms with Gasteiger partial charge in [0.1, 0.15) is 0 Å². The molecule has 0 aromatic heterocycles. The van der Waals surface area contributed by atoms with Crippen molar-refractivity contribution in [2.24, 2.45) is 11.7 Å². The monoisotopic (exact) mass is 243 g/mol. The fourth-order valence-electron chi connectivity index (χ4n) is 2.15. The van der Waals surface area contributed by atoms with Gasteiger partial charge in [0, 0.05) is 24.8 Å². The lowest BCUT2D eigenvalue weighted by molar-refractivity contribution is 0.0580. The van der Waals surface area contributed by atoms with Crippen LogP contribution in [0.4, 0.5) is 8.78 Å². The third-order valence-electron chi connectivity index (χ3n) is 3.23. The van der Waals surface area contributed by atoms with Gasteiger partial charge in [-0.25, -0.2) is 4.39 Å². The van der Waals surface area contributed by atoms with Crippen molar-refractivity contribution in [3.05, 3.63) is 29.3 Å². The fourth-order valence-corrected chi connectivity index (χ4v) is 2.15. The number of phenolic OH excluding ortho intramolecular Hbond substituents is 1. The van der Waals surface area contributed by atoms with Gasteiger partial charge in [-0.3, -0.25) is 0 Å². The molecule has 3 nitrogen and oxygen atoms in total. The van der Waals surface area contributed by atoms with E-state index in [-0.39, 0.29) is 11.5 Å². The molecule has 0 aliphatic carbocycles. The first-order valence-corrected chi connectivity index (χ1v) is 5.61. The van der Waals surface area contributed by atoms with Gasteiger partial charge in [-0.2, -0.15) is 4.39 Å². The van der Waals surface area contributed by atoms with Crippen LogP contribution in [0.15, 0.2) is 12.1 Å². The molecule has 5 heteroatoms. The van der Waals surface area contributed by atoms with Crippen molar-refractivity contribution >= 4 is 0 Å². The Labute approximate surface area is 98.2 Å². The number of benzene rings is 1. The van der Waals surface area contributed by atoms with Gasteiger partial charge in [0.05, 0.1) is 0 Å². The molecule has 1 aliphatic heterocycles. The summed E-state index contributed by atoms with van der Waals surface area (Å²) in [5.41, 5.74) is 6.24. The second kappa shape index (κ2) is 4.98. The molecule has 0 spiro atoms. The number of phenols is 1. The van der Waals surface area contributed by atoms with Gasteiger partial charge in [0.2, 0.25) is 5.82 Å². The maximum Gasteiger partial charge on any atom is 0.200 e. The smallest absolute Gasteiger partial charge is 0.200 e. The van der Waals surface area contributed by atoms with Crippen LogP contribution in [-0.4, -0.2) is 18.3 Å². The number of ether oxygens (including phenoxy) is 1. The van der Waals surface area contributed by atoms with E-state index in [0.29, 0.717) is 13.2 Å². The summed E-state index contributed by atoms with van der Waals surface area (Å²) in [6.07, 6.45) is 1.53. The normalized spacial score (nSPS) is 19.2. The molecule has 1 atom stereocenters. The highest BCUT2D eigenvalue weighted by Crippen LogP contribution is 2.34. The number of hydrogen-bond acceptors (Lipinski definition) is 3. The Kier molecular flexibility index (Phi) is 3.59. The molecule has 1 heterocycles. The van der Waals surface area contributed by atoms with Crippen LogP contribution in [0.5, 0.6) is 5.75 Å². The van der Waals surface area contributed by atoms with Crippen LogP contribution in [0.25, 0.3) is 0 Å². The van der Waals surface area contributed by atoms with E-state index in [4.69, 9.17) is 10.5 Å². The minimum Gasteiger partial charge on any atom is -0.505 e. The van der Waals surface area contributed by atoms with Gasteiger partial charge in [-0.15, -0.1) is 0 Å². The molecule has 1 aliphatic rings. The molecule has 0 unspecified atom stereocenters. The van der Waals surface area contributed by atoms with Crippen molar-refractivity contribution < 1.29 is 18.6 Å². The Morgan fingerprint density at radius 1 is 1.29 bits per heavy atom. The zero-order chi connectivity index (χ0) is 12.4. The average Bonchev–Trinajstić information content (AvgIpc) is 2.36. The number of halogens is 2. The van der Waals surface area contributed by atoms with E-state index in [1.54, 1.807) is 0 Å². The number of rotatable bonds is 2. The molecule has 1 aromatic rings. The summed E-state index contributed by atoms with van der Waals surface area (Å²) < 4.78 is 31.3. The van der Waals surface area contributed by atoms with Crippen molar-refractivity contribution in [2.45, 2.75) is 18.9 Å². The molecule has 94 valence electrons. The van der Waals surface area contributed by atoms with Crippen LogP contribution in [0.1, 0.15) is 24.4 Å². The van der Waals surface area contributed by atoms with Crippen LogP contribution in [0, 0.1) is 17.6 Å². The summed E-state index contributed by atoms with van der Waals surface area (Å²) in [5.74, 6) is -2.85. The lowest BCUT2D eigenvalue weighted by Crippen LogP contribution is -2.27. The first kappa shape index (κ1) is 12.3. The largest absolute Gasteiger partial charge is 0.505 e. The van der Waals surface area contributed by atoms with Crippen LogP contribution in [0.3, 0.4) is 0 Å². The van der Waals surface area contributed by atoms with E-state index in [9.17, 15) is 13.9 Å². The summed E-state index contributed by atoms with van der Waals surface area (Å²) in [7, 11) is 0. The van der Waals surface area contributed by atoms with Crippen molar-refractivity contribution in [3.8, 4) is 5.75 Å². The number of hydrogen-bond donors (Lipinski definition) is 2. The lowest BCUT2D eigenvalue weighted by atomic mass is 9.87. The maximum absolute atomic E-state index is 13.2. The second-order valence-corrected chi connectivity index (χ2v) is 4.27. The van der Waals surface area contributed by atoms with Gasteiger partial charge in [0.15, 0.2) is 11.6 Å². The molecule has 1 fully saturated rings. The first-order valence-electron chi connectivity index (χ1n) is 5.61.